The van der Waals surface area contributed by atoms with E-state index in [-0.39, 0.29) is 0 Å². The summed E-state index contributed by atoms with van der Waals surface area (Å²) < 4.78 is 1.98. The van der Waals surface area contributed by atoms with Crippen LogP contribution >= 0.6 is 35.2 Å². The summed E-state index contributed by atoms with van der Waals surface area (Å²) in [6, 6.07) is 7.72. The first-order valence-electron chi connectivity index (χ1n) is 7.12. The van der Waals surface area contributed by atoms with E-state index in [4.69, 9.17) is 23.8 Å². The van der Waals surface area contributed by atoms with Crippen LogP contribution in [0.15, 0.2) is 35.6 Å². The molecule has 0 atom stereocenters. The first-order chi connectivity index (χ1) is 11.6. The Balaban J connectivity index is 2.05. The monoisotopic (exact) mass is 378 g/mol. The maximum Gasteiger partial charge on any atom is 0.208 e. The van der Waals surface area contributed by atoms with E-state index >= 15 is 0 Å². The standard InChI is InChI=1S/C15H15ClN6S2/c1-17-14(23)21-13-11-12(20-15(18-2)24-13)22(8-19-11)7-9-3-5-10(16)6-4-9/h3-6,8H,7H2,1-2H3,(H2,17,21,23). The zero-order chi connectivity index (χ0) is 17.1. The van der Waals surface area contributed by atoms with Gasteiger partial charge in [-0.25, -0.2) is 4.98 Å². The summed E-state index contributed by atoms with van der Waals surface area (Å²) in [6.07, 6.45) is 1.77. The Morgan fingerprint density at radius 2 is 2.12 bits per heavy atom. The molecule has 9 heteroatoms. The summed E-state index contributed by atoms with van der Waals surface area (Å²) in [5.41, 5.74) is 2.63. The smallest absolute Gasteiger partial charge is 0.208 e. The zero-order valence-corrected chi connectivity index (χ0v) is 15.5. The molecule has 0 radical (unpaired) electrons. The van der Waals surface area contributed by atoms with Crippen molar-refractivity contribution >= 4 is 56.4 Å². The number of rotatable bonds is 3. The van der Waals surface area contributed by atoms with Gasteiger partial charge in [-0.3, -0.25) is 4.99 Å². The Labute approximate surface area is 153 Å². The van der Waals surface area contributed by atoms with Crippen molar-refractivity contribution in [2.45, 2.75) is 6.54 Å². The molecule has 2 heterocycles. The summed E-state index contributed by atoms with van der Waals surface area (Å²) in [6.45, 7) is 0.647. The average Bonchev–Trinajstić information content (AvgIpc) is 2.99. The molecule has 0 aliphatic heterocycles. The molecule has 2 aromatic heterocycles. The highest BCUT2D eigenvalue weighted by Gasteiger charge is 2.12. The highest BCUT2D eigenvalue weighted by Crippen LogP contribution is 2.23. The van der Waals surface area contributed by atoms with Crippen LogP contribution in [0.2, 0.25) is 5.02 Å². The lowest BCUT2D eigenvalue weighted by Gasteiger charge is -2.08. The van der Waals surface area contributed by atoms with Crippen LogP contribution in [0.4, 0.5) is 5.00 Å². The third-order valence-electron chi connectivity index (χ3n) is 3.33. The second-order valence-electron chi connectivity index (χ2n) is 4.92. The van der Waals surface area contributed by atoms with Gasteiger partial charge in [-0.05, 0) is 29.9 Å². The maximum atomic E-state index is 5.94. The molecular formula is C15H15ClN6S2. The number of hydrogen-bond donors (Lipinski definition) is 2. The van der Waals surface area contributed by atoms with Gasteiger partial charge in [0.1, 0.15) is 10.5 Å². The van der Waals surface area contributed by atoms with Gasteiger partial charge >= 0.3 is 0 Å². The highest BCUT2D eigenvalue weighted by atomic mass is 35.5. The summed E-state index contributed by atoms with van der Waals surface area (Å²) in [7, 11) is 3.48. The minimum Gasteiger partial charge on any atom is -0.366 e. The Morgan fingerprint density at radius 1 is 1.38 bits per heavy atom. The van der Waals surface area contributed by atoms with Gasteiger partial charge in [0, 0.05) is 19.1 Å². The normalized spacial score (nSPS) is 11.7. The number of benzene rings is 1. The van der Waals surface area contributed by atoms with E-state index in [9.17, 15) is 0 Å². The molecule has 0 unspecified atom stereocenters. The Bertz CT molecular complexity index is 945. The van der Waals surface area contributed by atoms with Crippen LogP contribution in [0.25, 0.3) is 11.2 Å². The second-order valence-corrected chi connectivity index (χ2v) is 6.75. The van der Waals surface area contributed by atoms with Crippen molar-refractivity contribution < 1.29 is 0 Å². The van der Waals surface area contributed by atoms with Crippen molar-refractivity contribution in [2.75, 3.05) is 19.4 Å². The number of imidazole rings is 1. The van der Waals surface area contributed by atoms with Crippen LogP contribution in [0, 0.1) is 0 Å². The molecule has 3 rings (SSSR count). The lowest BCUT2D eigenvalue weighted by molar-refractivity contribution is 0.812. The fourth-order valence-electron chi connectivity index (χ4n) is 2.15. The quantitative estimate of drug-likeness (QED) is 0.686. The van der Waals surface area contributed by atoms with Crippen LogP contribution in [0.5, 0.6) is 0 Å². The number of fused-ring (bicyclic) bond motifs is 1. The van der Waals surface area contributed by atoms with Crippen molar-refractivity contribution in [1.82, 2.24) is 19.9 Å². The van der Waals surface area contributed by atoms with Gasteiger partial charge in [0.15, 0.2) is 10.8 Å². The van der Waals surface area contributed by atoms with Crippen LogP contribution < -0.4 is 15.4 Å². The fourth-order valence-corrected chi connectivity index (χ4v) is 3.25. The van der Waals surface area contributed by atoms with Crippen molar-refractivity contribution in [1.29, 1.82) is 0 Å². The Kier molecular flexibility index (Phi) is 5.08. The predicted molar refractivity (Wildman–Crippen MR) is 103 cm³/mol. The third kappa shape index (κ3) is 3.55. The summed E-state index contributed by atoms with van der Waals surface area (Å²) in [4.78, 5) is 13.9. The molecule has 0 aliphatic carbocycles. The lowest BCUT2D eigenvalue weighted by atomic mass is 10.2. The van der Waals surface area contributed by atoms with E-state index in [1.54, 1.807) is 20.4 Å². The zero-order valence-electron chi connectivity index (χ0n) is 13.1. The van der Waals surface area contributed by atoms with Gasteiger partial charge in [0.25, 0.3) is 0 Å². The molecule has 0 aliphatic rings. The molecule has 0 fully saturated rings. The fraction of sp³-hybridized carbons (Fsp3) is 0.200. The molecule has 0 bridgehead atoms. The second kappa shape index (κ2) is 7.25. The Hall–Kier alpha value is -2.03. The van der Waals surface area contributed by atoms with E-state index in [1.807, 2.05) is 28.8 Å². The van der Waals surface area contributed by atoms with E-state index < -0.39 is 0 Å². The molecule has 2 N–H and O–H groups in total. The molecule has 0 saturated heterocycles. The molecular weight excluding hydrogens is 364 g/mol. The predicted octanol–water partition coefficient (Wildman–Crippen LogP) is 2.64. The van der Waals surface area contributed by atoms with Crippen LogP contribution in [-0.4, -0.2) is 33.7 Å². The molecule has 0 saturated carbocycles. The third-order valence-corrected chi connectivity index (χ3v) is 4.85. The van der Waals surface area contributed by atoms with E-state index in [0.29, 0.717) is 21.5 Å². The van der Waals surface area contributed by atoms with E-state index in [0.717, 1.165) is 21.7 Å². The van der Waals surface area contributed by atoms with Gasteiger partial charge in [0.2, 0.25) is 4.80 Å². The van der Waals surface area contributed by atoms with E-state index in [1.165, 1.54) is 11.3 Å². The summed E-state index contributed by atoms with van der Waals surface area (Å²) in [5, 5.41) is 8.09. The largest absolute Gasteiger partial charge is 0.366 e. The topological polar surface area (TPSA) is 67.1 Å². The summed E-state index contributed by atoms with van der Waals surface area (Å²) >= 11 is 12.5. The molecule has 3 aromatic rings. The Morgan fingerprint density at radius 3 is 2.79 bits per heavy atom. The minimum absolute atomic E-state index is 0.521. The van der Waals surface area contributed by atoms with Crippen LogP contribution in [0.3, 0.4) is 0 Å². The molecule has 24 heavy (non-hydrogen) atoms. The van der Waals surface area contributed by atoms with Gasteiger partial charge in [-0.15, -0.1) is 0 Å². The lowest BCUT2D eigenvalue weighted by Crippen LogP contribution is -2.24. The summed E-state index contributed by atoms with van der Waals surface area (Å²) in [5.74, 6) is 0. The van der Waals surface area contributed by atoms with Crippen molar-refractivity contribution in [2.24, 2.45) is 4.99 Å². The number of halogens is 1. The SMILES string of the molecule is CN=c1nc2c(ncn2Cc2ccc(Cl)cc2)c(NC(=S)NC)s1. The van der Waals surface area contributed by atoms with Gasteiger partial charge in [-0.2, -0.15) is 4.98 Å². The maximum absolute atomic E-state index is 5.94. The first-order valence-corrected chi connectivity index (χ1v) is 8.73. The van der Waals surface area contributed by atoms with Crippen molar-refractivity contribution in [3.63, 3.8) is 0 Å². The molecule has 124 valence electrons. The van der Waals surface area contributed by atoms with Crippen molar-refractivity contribution in [3.8, 4) is 0 Å². The number of thiocarbonyl (C=S) groups is 1. The van der Waals surface area contributed by atoms with Crippen LogP contribution in [-0.2, 0) is 6.54 Å². The highest BCUT2D eigenvalue weighted by molar-refractivity contribution is 7.80. The van der Waals surface area contributed by atoms with Gasteiger partial charge in [-0.1, -0.05) is 35.1 Å². The van der Waals surface area contributed by atoms with Crippen LogP contribution in [0.1, 0.15) is 5.56 Å². The molecule has 6 nitrogen and oxygen atoms in total. The van der Waals surface area contributed by atoms with Crippen molar-refractivity contribution in [3.05, 3.63) is 46.0 Å². The van der Waals surface area contributed by atoms with Gasteiger partial charge in [0.05, 0.1) is 12.9 Å². The molecule has 0 spiro atoms. The molecule has 0 amide bonds. The number of hydrogen-bond acceptors (Lipinski definition) is 5. The average molecular weight is 379 g/mol. The van der Waals surface area contributed by atoms with Gasteiger partial charge < -0.3 is 15.2 Å². The number of nitrogens with one attached hydrogen (secondary N) is 2. The number of nitrogens with zero attached hydrogens (tertiary/aromatic N) is 4. The number of aromatic nitrogens is 3. The number of anilines is 1. The van der Waals surface area contributed by atoms with E-state index in [2.05, 4.69) is 25.6 Å². The molecule has 1 aromatic carbocycles. The first kappa shape index (κ1) is 16.8. The minimum atomic E-state index is 0.521.